The van der Waals surface area contributed by atoms with Crippen LogP contribution in [-0.2, 0) is 90.8 Å². The quantitative estimate of drug-likeness (QED) is 0.0324. The Balaban J connectivity index is 0.000000805. The van der Waals surface area contributed by atoms with Crippen LogP contribution in [0.3, 0.4) is 0 Å². The second-order valence-electron chi connectivity index (χ2n) is 47.1. The maximum absolute atomic E-state index is 4.23. The highest BCUT2D eigenvalue weighted by molar-refractivity contribution is 4.99. The summed E-state index contributed by atoms with van der Waals surface area (Å²) in [6.45, 7) is 71.4. The average Bonchev–Trinajstić information content (AvgIpc) is 1.82. The summed E-state index contributed by atoms with van der Waals surface area (Å²) < 4.78 is 14.8. The van der Waals surface area contributed by atoms with Crippen LogP contribution in [0.25, 0.3) is 0 Å². The number of hydrogen-bond donors (Lipinski definition) is 0. The Hall–Kier alpha value is -6.02. The molecule has 0 bridgehead atoms. The van der Waals surface area contributed by atoms with Gasteiger partial charge in [-0.05, 0) is 224 Å². The van der Waals surface area contributed by atoms with Crippen LogP contribution in [0, 0.1) is 82.9 Å². The number of rotatable bonds is 75. The van der Waals surface area contributed by atoms with Gasteiger partial charge in [0.05, 0.1) is 83.2 Å². The lowest BCUT2D eigenvalue weighted by atomic mass is 10.0. The third-order valence-corrected chi connectivity index (χ3v) is 26.2. The lowest BCUT2D eigenvalue weighted by Gasteiger charge is -2.08. The highest BCUT2D eigenvalue weighted by Gasteiger charge is 2.14. The molecule has 21 nitrogen and oxygen atoms in total. The molecule has 0 N–H and O–H groups in total. The van der Waals surface area contributed by atoms with Crippen molar-refractivity contribution in [2.24, 2.45) is 82.9 Å². The van der Waals surface area contributed by atoms with Crippen molar-refractivity contribution in [1.29, 1.82) is 0 Å². The van der Waals surface area contributed by atoms with Crippen LogP contribution >= 0.6 is 0 Å². The standard InChI is InChI=1S/5C17H33N3.2C16H31N3/c1-15(2)10-6-5-9-13-20-17(14-18-19-20)12-8-7-11-16(3)4;1-15(2)10-6-5-7-12-17-14-18-19-20(17)13-9-8-11-16(3)4;1-15(2)10-7-5-6-8-13-20-17(14-18-19-20)12-9-11-16(3)4;1-15(2)10-7-5-6-8-12-17-14-18-19-20(17)13-9-11-16(3)4;1-15(2)10-8-6-5-7-9-13-20-17(14-18-19-20)12-11-16(3)4;1-14(2)9-6-5-7-12-19-16(13-17-18-19)11-8-10-15(3)4;1-14(2)9-7-5-6-8-12-19-16(13-17-18-19)11-10-15(3)4/h5*14-16H,5-13H2,1-4H3;2*13-15H,5-12H2,1-4H3. The van der Waals surface area contributed by atoms with E-state index >= 15 is 0 Å². The first-order chi connectivity index (χ1) is 66.1. The van der Waals surface area contributed by atoms with Crippen molar-refractivity contribution in [2.45, 2.75) is 586 Å². The van der Waals surface area contributed by atoms with E-state index in [4.69, 9.17) is 0 Å². The molecule has 0 aromatic carbocycles. The van der Waals surface area contributed by atoms with Crippen molar-refractivity contribution >= 4 is 0 Å². The summed E-state index contributed by atoms with van der Waals surface area (Å²) in [5, 5.41) is 58.0. The molecule has 0 unspecified atom stereocenters. The maximum atomic E-state index is 4.23. The summed E-state index contributed by atoms with van der Waals surface area (Å²) in [4.78, 5) is 0. The SMILES string of the molecule is CC(C)CCCCCCCn1nncc1CCC(C)C.CC(C)CCCCCCc1cnnn1CCCC(C)C.CC(C)CCCCCCn1nncc1CCC(C)C.CC(C)CCCCCCn1nncc1CCCC(C)C.CC(C)CCCCCc1cnnn1CCCCC(C)C.CC(C)CCCCCn1nncc1CCCC(C)C.CC(C)CCCCCn1nncc1CCCCC(C)C. The van der Waals surface area contributed by atoms with Crippen LogP contribution < -0.4 is 0 Å². The van der Waals surface area contributed by atoms with E-state index < -0.39 is 0 Å². The normalized spacial score (nSPS) is 11.7. The number of hydrogen-bond acceptors (Lipinski definition) is 14. The smallest absolute Gasteiger partial charge is 0.0725 e. The minimum atomic E-state index is 0.749. The summed E-state index contributed by atoms with van der Waals surface area (Å²) in [5.74, 6) is 11.4. The second kappa shape index (κ2) is 86.5. The molecular formula is C117H227N21. The number of aromatic nitrogens is 21. The van der Waals surface area contributed by atoms with Gasteiger partial charge in [0.1, 0.15) is 0 Å². The minimum Gasteiger partial charge on any atom is -0.249 e. The molecule has 138 heavy (non-hydrogen) atoms. The van der Waals surface area contributed by atoms with Gasteiger partial charge in [-0.2, -0.15) is 0 Å². The highest BCUT2D eigenvalue weighted by atomic mass is 15.5. The Bertz CT molecular complexity index is 3560. The first kappa shape index (κ1) is 130. The summed E-state index contributed by atoms with van der Waals surface area (Å²) in [7, 11) is 0. The fraction of sp³-hybridized carbons (Fsp3) is 0.880. The van der Waals surface area contributed by atoms with Gasteiger partial charge in [0.15, 0.2) is 0 Å². The van der Waals surface area contributed by atoms with Gasteiger partial charge in [0, 0.05) is 45.8 Å². The van der Waals surface area contributed by atoms with Crippen molar-refractivity contribution in [1.82, 2.24) is 105 Å². The zero-order valence-corrected chi connectivity index (χ0v) is 96.1. The van der Waals surface area contributed by atoms with Gasteiger partial charge in [-0.15, -0.1) is 35.7 Å². The predicted octanol–water partition coefficient (Wildman–Crippen LogP) is 33.3. The first-order valence-electron chi connectivity index (χ1n) is 58.3. The molecular weight excluding hydrogens is 1700 g/mol. The largest absolute Gasteiger partial charge is 0.249 e. The van der Waals surface area contributed by atoms with E-state index in [0.29, 0.717) is 0 Å². The van der Waals surface area contributed by atoms with Crippen LogP contribution in [0.2, 0.25) is 0 Å². The fourth-order valence-electron chi connectivity index (χ4n) is 17.1. The molecule has 7 aromatic heterocycles. The van der Waals surface area contributed by atoms with Gasteiger partial charge in [-0.3, -0.25) is 0 Å². The summed E-state index contributed by atoms with van der Waals surface area (Å²) in [5.41, 5.74) is 9.18. The van der Waals surface area contributed by atoms with Crippen molar-refractivity contribution in [3.8, 4) is 0 Å². The van der Waals surface area contributed by atoms with Gasteiger partial charge >= 0.3 is 0 Å². The van der Waals surface area contributed by atoms with E-state index in [1.165, 1.54) is 342 Å². The van der Waals surface area contributed by atoms with Crippen molar-refractivity contribution in [3.63, 3.8) is 0 Å². The summed E-state index contributed by atoms with van der Waals surface area (Å²) in [6.07, 6.45) is 83.1. The zero-order chi connectivity index (χ0) is 102. The topological polar surface area (TPSA) is 215 Å². The molecule has 0 aliphatic rings. The monoisotopic (exact) mass is 1930 g/mol. The molecule has 0 fully saturated rings. The van der Waals surface area contributed by atoms with Gasteiger partial charge < -0.3 is 0 Å². The first-order valence-corrected chi connectivity index (χ1v) is 58.3. The van der Waals surface area contributed by atoms with Gasteiger partial charge in [0.2, 0.25) is 0 Å². The zero-order valence-electron chi connectivity index (χ0n) is 96.1. The van der Waals surface area contributed by atoms with Gasteiger partial charge in [0.25, 0.3) is 0 Å². The number of nitrogens with zero attached hydrogens (tertiary/aromatic N) is 21. The van der Waals surface area contributed by atoms with Crippen LogP contribution in [-0.4, -0.2) is 105 Å². The molecule has 0 aliphatic heterocycles. The molecule has 0 aliphatic carbocycles. The predicted molar refractivity (Wildman–Crippen MR) is 591 cm³/mol. The van der Waals surface area contributed by atoms with E-state index in [1.807, 2.05) is 43.4 Å². The Labute approximate surface area is 852 Å². The van der Waals surface area contributed by atoms with E-state index in [9.17, 15) is 0 Å². The Kier molecular flexibility index (Phi) is 81.4. The molecule has 21 heteroatoms. The molecule has 0 saturated heterocycles. The van der Waals surface area contributed by atoms with Crippen molar-refractivity contribution in [3.05, 3.63) is 83.2 Å². The summed E-state index contributed by atoms with van der Waals surface area (Å²) in [6, 6.07) is 0. The number of aryl methyl sites for hydroxylation is 14. The Morgan fingerprint density at radius 1 is 0.130 bits per heavy atom. The van der Waals surface area contributed by atoms with E-state index in [2.05, 4.69) is 299 Å². The molecule has 7 rings (SSSR count). The Morgan fingerprint density at radius 3 is 0.471 bits per heavy atom. The molecule has 7 heterocycles. The third kappa shape index (κ3) is 77.6. The van der Waals surface area contributed by atoms with E-state index in [0.717, 1.165) is 174 Å². The molecule has 0 radical (unpaired) electrons. The minimum absolute atomic E-state index is 0.749. The fourth-order valence-corrected chi connectivity index (χ4v) is 17.1. The summed E-state index contributed by atoms with van der Waals surface area (Å²) >= 11 is 0. The highest BCUT2D eigenvalue weighted by Crippen LogP contribution is 2.23. The molecule has 0 amide bonds. The molecule has 0 saturated carbocycles. The van der Waals surface area contributed by atoms with Gasteiger partial charge in [-0.25, -0.2) is 32.8 Å². The maximum Gasteiger partial charge on any atom is 0.0725 e. The lowest BCUT2D eigenvalue weighted by Crippen LogP contribution is -2.06. The molecule has 0 spiro atoms. The Morgan fingerprint density at radius 2 is 0.254 bits per heavy atom. The van der Waals surface area contributed by atoms with Crippen LogP contribution in [0.1, 0.15) is 536 Å². The van der Waals surface area contributed by atoms with Crippen LogP contribution in [0.4, 0.5) is 0 Å². The average molecular weight is 1930 g/mol. The van der Waals surface area contributed by atoms with E-state index in [1.54, 1.807) is 0 Å². The lowest BCUT2D eigenvalue weighted by molar-refractivity contribution is 0.468. The third-order valence-electron chi connectivity index (χ3n) is 26.2. The molecule has 0 atom stereocenters. The van der Waals surface area contributed by atoms with Crippen LogP contribution in [0.15, 0.2) is 43.4 Å². The second-order valence-corrected chi connectivity index (χ2v) is 47.1. The van der Waals surface area contributed by atoms with Crippen LogP contribution in [0.5, 0.6) is 0 Å². The van der Waals surface area contributed by atoms with Gasteiger partial charge in [-0.1, -0.05) is 436 Å². The van der Waals surface area contributed by atoms with Crippen molar-refractivity contribution < 1.29 is 0 Å². The molecule has 7 aromatic rings. The number of unbranched alkanes of at least 4 members (excludes halogenated alkanes) is 21. The molecule has 800 valence electrons. The van der Waals surface area contributed by atoms with Crippen molar-refractivity contribution in [2.75, 3.05) is 0 Å². The van der Waals surface area contributed by atoms with E-state index in [-0.39, 0.29) is 0 Å².